The monoisotopic (exact) mass is 182 g/mol. The first kappa shape index (κ1) is 11.1. The fourth-order valence-corrected chi connectivity index (χ4v) is 2.47. The summed E-state index contributed by atoms with van der Waals surface area (Å²) in [5, 5.41) is 0. The number of hydrogen-bond donors (Lipinski definition) is 0. The van der Waals surface area contributed by atoms with Gasteiger partial charge in [-0.3, -0.25) is 0 Å². The van der Waals surface area contributed by atoms with E-state index in [9.17, 15) is 0 Å². The lowest BCUT2D eigenvalue weighted by molar-refractivity contribution is 0.261. The third-order valence-electron chi connectivity index (χ3n) is 3.60. The summed E-state index contributed by atoms with van der Waals surface area (Å²) in [5.74, 6) is 0.980. The van der Waals surface area contributed by atoms with Crippen molar-refractivity contribution in [1.82, 2.24) is 0 Å². The molecule has 1 aliphatic carbocycles. The fraction of sp³-hybridized carbons (Fsp3) is 1.00. The van der Waals surface area contributed by atoms with Crippen LogP contribution in [0.4, 0.5) is 0 Å². The Labute approximate surface area is 84.1 Å². The van der Waals surface area contributed by atoms with E-state index in [0.717, 1.165) is 5.92 Å². The maximum atomic E-state index is 2.44. The molecule has 1 fully saturated rings. The van der Waals surface area contributed by atoms with Crippen LogP contribution < -0.4 is 0 Å². The number of rotatable bonds is 0. The van der Waals surface area contributed by atoms with Gasteiger partial charge < -0.3 is 0 Å². The van der Waals surface area contributed by atoms with Gasteiger partial charge in [-0.15, -0.1) is 0 Å². The van der Waals surface area contributed by atoms with E-state index in [1.807, 2.05) is 0 Å². The Morgan fingerprint density at radius 2 is 1.46 bits per heavy atom. The van der Waals surface area contributed by atoms with Crippen molar-refractivity contribution in [3.05, 3.63) is 0 Å². The zero-order chi connectivity index (χ0) is 9.73. The smallest absolute Gasteiger partial charge is 0.0354 e. The van der Waals surface area contributed by atoms with Gasteiger partial charge in [0.15, 0.2) is 0 Å². The summed E-state index contributed by atoms with van der Waals surface area (Å²) in [4.78, 5) is 0. The van der Waals surface area contributed by atoms with E-state index >= 15 is 0 Å². The summed E-state index contributed by atoms with van der Waals surface area (Å²) < 4.78 is 0. The first-order valence-electron chi connectivity index (χ1n) is 6.10. The predicted octanol–water partition coefficient (Wildman–Crippen LogP) is 4.78. The van der Waals surface area contributed by atoms with Gasteiger partial charge in [0.2, 0.25) is 0 Å². The van der Waals surface area contributed by atoms with E-state index in [4.69, 9.17) is 0 Å². The minimum atomic E-state index is 0.622. The molecular formula is C13H26. The molecule has 0 bridgehead atoms. The van der Waals surface area contributed by atoms with Crippen molar-refractivity contribution in [3.63, 3.8) is 0 Å². The van der Waals surface area contributed by atoms with Crippen molar-refractivity contribution in [2.24, 2.45) is 11.3 Å². The Morgan fingerprint density at radius 3 is 2.23 bits per heavy atom. The highest BCUT2D eigenvalue weighted by Crippen LogP contribution is 2.32. The van der Waals surface area contributed by atoms with Crippen LogP contribution in [-0.2, 0) is 0 Å². The Hall–Kier alpha value is 0. The van der Waals surface area contributed by atoms with Gasteiger partial charge in [-0.1, -0.05) is 59.3 Å². The van der Waals surface area contributed by atoms with Crippen molar-refractivity contribution in [2.45, 2.75) is 72.1 Å². The molecule has 0 aromatic heterocycles. The molecule has 1 atom stereocenters. The predicted molar refractivity (Wildman–Crippen MR) is 59.9 cm³/mol. The SMILES string of the molecule is CC1CCCCCC(C)(C)CCC1. The van der Waals surface area contributed by atoms with Crippen LogP contribution >= 0.6 is 0 Å². The van der Waals surface area contributed by atoms with E-state index in [1.54, 1.807) is 0 Å². The van der Waals surface area contributed by atoms with Crippen LogP contribution in [-0.4, -0.2) is 0 Å². The van der Waals surface area contributed by atoms with Crippen molar-refractivity contribution in [2.75, 3.05) is 0 Å². The summed E-state index contributed by atoms with van der Waals surface area (Å²) >= 11 is 0. The molecule has 0 N–H and O–H groups in total. The second kappa shape index (κ2) is 5.02. The molecule has 0 aliphatic heterocycles. The summed E-state index contributed by atoms with van der Waals surface area (Å²) in [6.45, 7) is 7.31. The summed E-state index contributed by atoms with van der Waals surface area (Å²) in [6, 6.07) is 0. The van der Waals surface area contributed by atoms with Crippen molar-refractivity contribution in [3.8, 4) is 0 Å². The molecule has 1 aliphatic rings. The third kappa shape index (κ3) is 4.69. The molecule has 0 amide bonds. The largest absolute Gasteiger partial charge is 0.0625 e. The van der Waals surface area contributed by atoms with Gasteiger partial charge in [-0.05, 0) is 24.2 Å². The summed E-state index contributed by atoms with van der Waals surface area (Å²) in [5.41, 5.74) is 0.622. The highest BCUT2D eigenvalue weighted by molar-refractivity contribution is 4.71. The van der Waals surface area contributed by atoms with Crippen LogP contribution in [0.3, 0.4) is 0 Å². The number of hydrogen-bond acceptors (Lipinski definition) is 0. The summed E-state index contributed by atoms with van der Waals surface area (Å²) in [6.07, 6.45) is 11.7. The Morgan fingerprint density at radius 1 is 0.846 bits per heavy atom. The third-order valence-corrected chi connectivity index (χ3v) is 3.60. The normalized spacial score (nSPS) is 31.2. The molecular weight excluding hydrogens is 156 g/mol. The average molecular weight is 182 g/mol. The Kier molecular flexibility index (Phi) is 4.28. The lowest BCUT2D eigenvalue weighted by Crippen LogP contribution is -2.12. The minimum Gasteiger partial charge on any atom is -0.0625 e. The highest BCUT2D eigenvalue weighted by Gasteiger charge is 2.18. The first-order chi connectivity index (χ1) is 6.10. The fourth-order valence-electron chi connectivity index (χ4n) is 2.47. The van der Waals surface area contributed by atoms with E-state index in [-0.39, 0.29) is 0 Å². The van der Waals surface area contributed by atoms with Crippen LogP contribution in [0.15, 0.2) is 0 Å². The zero-order valence-corrected chi connectivity index (χ0v) is 9.73. The summed E-state index contributed by atoms with van der Waals surface area (Å²) in [7, 11) is 0. The standard InChI is InChI=1S/C13H26/c1-12-8-5-4-6-10-13(2,3)11-7-9-12/h12H,4-11H2,1-3H3. The van der Waals surface area contributed by atoms with E-state index in [0.29, 0.717) is 5.41 Å². The van der Waals surface area contributed by atoms with Gasteiger partial charge in [-0.25, -0.2) is 0 Å². The van der Waals surface area contributed by atoms with Crippen LogP contribution in [0.5, 0.6) is 0 Å². The quantitative estimate of drug-likeness (QED) is 0.505. The van der Waals surface area contributed by atoms with Gasteiger partial charge in [0.25, 0.3) is 0 Å². The molecule has 0 heterocycles. The van der Waals surface area contributed by atoms with Crippen molar-refractivity contribution < 1.29 is 0 Å². The van der Waals surface area contributed by atoms with Crippen molar-refractivity contribution >= 4 is 0 Å². The molecule has 0 aromatic rings. The second-order valence-corrected chi connectivity index (χ2v) is 5.76. The van der Waals surface area contributed by atoms with Gasteiger partial charge in [0, 0.05) is 0 Å². The Bertz CT molecular complexity index is 135. The van der Waals surface area contributed by atoms with Crippen LogP contribution in [0, 0.1) is 11.3 Å². The van der Waals surface area contributed by atoms with E-state index < -0.39 is 0 Å². The molecule has 13 heavy (non-hydrogen) atoms. The molecule has 0 saturated heterocycles. The van der Waals surface area contributed by atoms with E-state index in [2.05, 4.69) is 20.8 Å². The molecule has 78 valence electrons. The van der Waals surface area contributed by atoms with Crippen LogP contribution in [0.2, 0.25) is 0 Å². The lowest BCUT2D eigenvalue weighted by atomic mass is 9.79. The topological polar surface area (TPSA) is 0 Å². The first-order valence-corrected chi connectivity index (χ1v) is 6.10. The van der Waals surface area contributed by atoms with Crippen LogP contribution in [0.25, 0.3) is 0 Å². The molecule has 0 radical (unpaired) electrons. The maximum Gasteiger partial charge on any atom is -0.0354 e. The molecule has 1 saturated carbocycles. The van der Waals surface area contributed by atoms with Crippen LogP contribution in [0.1, 0.15) is 72.1 Å². The molecule has 0 nitrogen and oxygen atoms in total. The lowest BCUT2D eigenvalue weighted by Gasteiger charge is -2.26. The average Bonchev–Trinajstić information content (AvgIpc) is 2.02. The van der Waals surface area contributed by atoms with Crippen molar-refractivity contribution in [1.29, 1.82) is 0 Å². The van der Waals surface area contributed by atoms with Gasteiger partial charge >= 0.3 is 0 Å². The second-order valence-electron chi connectivity index (χ2n) is 5.76. The molecule has 1 rings (SSSR count). The molecule has 0 heteroatoms. The van der Waals surface area contributed by atoms with E-state index in [1.165, 1.54) is 51.4 Å². The molecule has 0 spiro atoms. The van der Waals surface area contributed by atoms with Gasteiger partial charge in [0.05, 0.1) is 0 Å². The minimum absolute atomic E-state index is 0.622. The molecule has 1 unspecified atom stereocenters. The van der Waals surface area contributed by atoms with Gasteiger partial charge in [-0.2, -0.15) is 0 Å². The van der Waals surface area contributed by atoms with Gasteiger partial charge in [0.1, 0.15) is 0 Å². The zero-order valence-electron chi connectivity index (χ0n) is 9.73. The highest BCUT2D eigenvalue weighted by atomic mass is 14.2. The maximum absolute atomic E-state index is 2.44. The molecule has 0 aromatic carbocycles. The Balaban J connectivity index is 2.35.